The number of benzene rings is 1. The molecular weight excluding hydrogens is 398 g/mol. The summed E-state index contributed by atoms with van der Waals surface area (Å²) < 4.78 is 7.94. The molecule has 26 heavy (non-hydrogen) atoms. The van der Waals surface area contributed by atoms with E-state index in [-0.39, 0.29) is 0 Å². The summed E-state index contributed by atoms with van der Waals surface area (Å²) >= 11 is 3.48. The number of halogens is 1. The number of hydrogen-bond acceptors (Lipinski definition) is 5. The molecule has 0 saturated heterocycles. The van der Waals surface area contributed by atoms with Crippen molar-refractivity contribution in [2.75, 3.05) is 6.54 Å². The molecule has 0 aliphatic rings. The lowest BCUT2D eigenvalue weighted by Crippen LogP contribution is -2.34. The first-order valence-electron chi connectivity index (χ1n) is 8.22. The molecule has 0 fully saturated rings. The van der Waals surface area contributed by atoms with Gasteiger partial charge in [-0.3, -0.25) is 4.68 Å². The van der Waals surface area contributed by atoms with E-state index in [1.807, 2.05) is 45.2 Å². The van der Waals surface area contributed by atoms with Crippen molar-refractivity contribution in [3.63, 3.8) is 0 Å². The number of rotatable bonds is 4. The minimum absolute atomic E-state index is 0.423. The largest absolute Gasteiger partial charge is 0.444 e. The molecule has 2 aromatic heterocycles. The summed E-state index contributed by atoms with van der Waals surface area (Å²) in [5.74, 6) is 0. The van der Waals surface area contributed by atoms with Crippen LogP contribution in [0.15, 0.2) is 41.4 Å². The molecule has 7 nitrogen and oxygen atoms in total. The smallest absolute Gasteiger partial charge is 0.407 e. The highest BCUT2D eigenvalue weighted by atomic mass is 79.9. The summed E-state index contributed by atoms with van der Waals surface area (Å²) in [6, 6.07) is 5.89. The molecule has 1 aromatic carbocycles. The molecule has 0 bridgehead atoms. The number of carbonyl (C=O) groups is 1. The molecule has 0 aliphatic carbocycles. The third-order valence-electron chi connectivity index (χ3n) is 3.51. The molecule has 0 atom stereocenters. The van der Waals surface area contributed by atoms with Crippen LogP contribution in [0, 0.1) is 0 Å². The number of hydrogen-bond donors (Lipinski definition) is 1. The highest BCUT2D eigenvalue weighted by Crippen LogP contribution is 2.27. The van der Waals surface area contributed by atoms with Gasteiger partial charge in [0.1, 0.15) is 11.9 Å². The molecule has 3 aromatic rings. The fourth-order valence-electron chi connectivity index (χ4n) is 2.45. The van der Waals surface area contributed by atoms with E-state index in [0.29, 0.717) is 13.1 Å². The van der Waals surface area contributed by atoms with Crippen LogP contribution in [0.5, 0.6) is 0 Å². The molecule has 3 rings (SSSR count). The Hall–Kier alpha value is -2.48. The molecule has 0 aliphatic heterocycles. The zero-order valence-electron chi connectivity index (χ0n) is 14.9. The minimum Gasteiger partial charge on any atom is -0.444 e. The van der Waals surface area contributed by atoms with Crippen LogP contribution < -0.4 is 5.32 Å². The SMILES string of the molecule is CC(C)(C)OC(=O)NCCn1cc(-c2ncnc3ccc(Br)cc23)cn1. The molecule has 0 saturated carbocycles. The van der Waals surface area contributed by atoms with Gasteiger partial charge < -0.3 is 10.1 Å². The summed E-state index contributed by atoms with van der Waals surface area (Å²) in [5.41, 5.74) is 2.08. The van der Waals surface area contributed by atoms with Gasteiger partial charge >= 0.3 is 6.09 Å². The maximum Gasteiger partial charge on any atom is 0.407 e. The lowest BCUT2D eigenvalue weighted by atomic mass is 10.1. The van der Waals surface area contributed by atoms with Crippen LogP contribution in [-0.4, -0.2) is 38.0 Å². The van der Waals surface area contributed by atoms with Crippen molar-refractivity contribution in [2.24, 2.45) is 0 Å². The van der Waals surface area contributed by atoms with Gasteiger partial charge in [0.15, 0.2) is 0 Å². The van der Waals surface area contributed by atoms with Gasteiger partial charge in [-0.1, -0.05) is 15.9 Å². The van der Waals surface area contributed by atoms with Gasteiger partial charge in [0, 0.05) is 28.2 Å². The van der Waals surface area contributed by atoms with Crippen molar-refractivity contribution >= 4 is 32.9 Å². The van der Waals surface area contributed by atoms with E-state index >= 15 is 0 Å². The molecule has 2 heterocycles. The monoisotopic (exact) mass is 417 g/mol. The van der Waals surface area contributed by atoms with Gasteiger partial charge in [0.25, 0.3) is 0 Å². The molecular formula is C18H20BrN5O2. The molecule has 1 N–H and O–H groups in total. The van der Waals surface area contributed by atoms with Crippen molar-refractivity contribution < 1.29 is 9.53 Å². The predicted octanol–water partition coefficient (Wildman–Crippen LogP) is 3.78. The Kier molecular flexibility index (Phi) is 5.22. The first-order valence-corrected chi connectivity index (χ1v) is 9.01. The lowest BCUT2D eigenvalue weighted by Gasteiger charge is -2.19. The summed E-state index contributed by atoms with van der Waals surface area (Å²) in [4.78, 5) is 20.4. The Morgan fingerprint density at radius 1 is 1.31 bits per heavy atom. The second-order valence-corrected chi connectivity index (χ2v) is 7.72. The number of carbonyl (C=O) groups excluding carboxylic acids is 1. The molecule has 0 spiro atoms. The number of aromatic nitrogens is 4. The van der Waals surface area contributed by atoms with Crippen LogP contribution in [-0.2, 0) is 11.3 Å². The van der Waals surface area contributed by atoms with Gasteiger partial charge in [-0.05, 0) is 39.0 Å². The summed E-state index contributed by atoms with van der Waals surface area (Å²) in [7, 11) is 0. The fraction of sp³-hybridized carbons (Fsp3) is 0.333. The maximum absolute atomic E-state index is 11.7. The van der Waals surface area contributed by atoms with Gasteiger partial charge in [0.2, 0.25) is 0 Å². The topological polar surface area (TPSA) is 81.9 Å². The summed E-state index contributed by atoms with van der Waals surface area (Å²) in [6.45, 7) is 6.45. The molecule has 8 heteroatoms. The van der Waals surface area contributed by atoms with Crippen LogP contribution in [0.25, 0.3) is 22.2 Å². The normalized spacial score (nSPS) is 11.5. The average Bonchev–Trinajstić information content (AvgIpc) is 3.01. The Morgan fingerprint density at radius 2 is 2.12 bits per heavy atom. The number of nitrogens with zero attached hydrogens (tertiary/aromatic N) is 4. The van der Waals surface area contributed by atoms with Crippen LogP contribution in [0.3, 0.4) is 0 Å². The number of alkyl carbamates (subject to hydrolysis) is 1. The Balaban J connectivity index is 1.69. The Bertz CT molecular complexity index is 933. The van der Waals surface area contributed by atoms with Gasteiger partial charge in [0.05, 0.1) is 24.0 Å². The molecule has 1 amide bonds. The first-order chi connectivity index (χ1) is 12.3. The summed E-state index contributed by atoms with van der Waals surface area (Å²) in [6.07, 6.45) is 4.78. The van der Waals surface area contributed by atoms with Gasteiger partial charge in [-0.25, -0.2) is 14.8 Å². The third kappa shape index (κ3) is 4.57. The maximum atomic E-state index is 11.7. The predicted molar refractivity (Wildman–Crippen MR) is 103 cm³/mol. The van der Waals surface area contributed by atoms with Crippen LogP contribution in [0.4, 0.5) is 4.79 Å². The zero-order valence-corrected chi connectivity index (χ0v) is 16.4. The number of fused-ring (bicyclic) bond motifs is 1. The van der Waals surface area contributed by atoms with Crippen molar-refractivity contribution in [2.45, 2.75) is 32.9 Å². The van der Waals surface area contributed by atoms with E-state index in [1.54, 1.807) is 17.2 Å². The van der Waals surface area contributed by atoms with Crippen molar-refractivity contribution in [3.05, 3.63) is 41.4 Å². The van der Waals surface area contributed by atoms with E-state index in [4.69, 9.17) is 4.74 Å². The van der Waals surface area contributed by atoms with Crippen molar-refractivity contribution in [1.29, 1.82) is 0 Å². The second kappa shape index (κ2) is 7.41. The molecule has 0 radical (unpaired) electrons. The zero-order chi connectivity index (χ0) is 18.7. The first kappa shape index (κ1) is 18.3. The second-order valence-electron chi connectivity index (χ2n) is 6.80. The third-order valence-corrected chi connectivity index (χ3v) is 4.01. The number of nitrogens with one attached hydrogen (secondary N) is 1. The van der Waals surface area contributed by atoms with E-state index in [9.17, 15) is 4.79 Å². The van der Waals surface area contributed by atoms with Gasteiger partial charge in [-0.15, -0.1) is 0 Å². The average molecular weight is 418 g/mol. The fourth-order valence-corrected chi connectivity index (χ4v) is 2.81. The number of amides is 1. The van der Waals surface area contributed by atoms with E-state index in [2.05, 4.69) is 36.3 Å². The Morgan fingerprint density at radius 3 is 2.88 bits per heavy atom. The van der Waals surface area contributed by atoms with E-state index in [0.717, 1.165) is 26.6 Å². The molecule has 0 unspecified atom stereocenters. The van der Waals surface area contributed by atoms with Crippen LogP contribution in [0.2, 0.25) is 0 Å². The Labute approximate surface area is 159 Å². The minimum atomic E-state index is -0.509. The van der Waals surface area contributed by atoms with Crippen LogP contribution in [0.1, 0.15) is 20.8 Å². The summed E-state index contributed by atoms with van der Waals surface area (Å²) in [5, 5.41) is 8.02. The van der Waals surface area contributed by atoms with Crippen molar-refractivity contribution in [1.82, 2.24) is 25.1 Å². The highest BCUT2D eigenvalue weighted by Gasteiger charge is 2.15. The quantitative estimate of drug-likeness (QED) is 0.698. The highest BCUT2D eigenvalue weighted by molar-refractivity contribution is 9.10. The number of ether oxygens (including phenoxy) is 1. The standard InChI is InChI=1S/C18H20BrN5O2/c1-18(2,3)26-17(25)20-6-7-24-10-12(9-23-24)16-14-8-13(19)4-5-15(14)21-11-22-16/h4-5,8-11H,6-7H2,1-3H3,(H,20,25). The van der Waals surface area contributed by atoms with Crippen molar-refractivity contribution in [3.8, 4) is 11.3 Å². The van der Waals surface area contributed by atoms with Gasteiger partial charge in [-0.2, -0.15) is 5.10 Å². The van der Waals surface area contributed by atoms with E-state index < -0.39 is 11.7 Å². The lowest BCUT2D eigenvalue weighted by molar-refractivity contribution is 0.0525. The van der Waals surface area contributed by atoms with Crippen LogP contribution >= 0.6 is 15.9 Å². The van der Waals surface area contributed by atoms with E-state index in [1.165, 1.54) is 0 Å². The molecule has 136 valence electrons.